The number of hydrogen-bond donors (Lipinski definition) is 0. The van der Waals surface area contributed by atoms with Crippen LogP contribution in [-0.4, -0.2) is 6.72 Å². The molecule has 0 N–H and O–H groups in total. The van der Waals surface area contributed by atoms with Crippen molar-refractivity contribution in [3.63, 3.8) is 0 Å². The lowest BCUT2D eigenvalue weighted by Crippen LogP contribution is -1.87. The van der Waals surface area contributed by atoms with Crippen LogP contribution in [0.2, 0.25) is 0 Å². The van der Waals surface area contributed by atoms with Crippen molar-refractivity contribution >= 4 is 6.72 Å². The second-order valence-electron chi connectivity index (χ2n) is 3.63. The maximum Gasteiger partial charge on any atom is 0.0402 e. The molecule has 0 aromatic heterocycles. The lowest BCUT2D eigenvalue weighted by molar-refractivity contribution is 0.927. The maximum absolute atomic E-state index is 3.99. The molecule has 0 saturated carbocycles. The van der Waals surface area contributed by atoms with Gasteiger partial charge in [-0.15, -0.1) is 0 Å². The lowest BCUT2D eigenvalue weighted by Gasteiger charge is -2.02. The molecule has 1 nitrogen and oxygen atoms in total. The van der Waals surface area contributed by atoms with Crippen LogP contribution in [0.25, 0.3) is 0 Å². The summed E-state index contributed by atoms with van der Waals surface area (Å²) in [5.74, 6) is 0. The number of allylic oxidation sites excluding steroid dienone is 3. The summed E-state index contributed by atoms with van der Waals surface area (Å²) in [5, 5.41) is 0. The first-order valence-corrected chi connectivity index (χ1v) is 5.09. The van der Waals surface area contributed by atoms with Gasteiger partial charge in [0.1, 0.15) is 0 Å². The first-order valence-electron chi connectivity index (χ1n) is 5.09. The van der Waals surface area contributed by atoms with Crippen LogP contribution in [0.15, 0.2) is 59.2 Å². The van der Waals surface area contributed by atoms with Crippen LogP contribution >= 0.6 is 0 Å². The van der Waals surface area contributed by atoms with Crippen LogP contribution in [-0.2, 0) is 6.42 Å². The van der Waals surface area contributed by atoms with Crippen LogP contribution in [0.5, 0.6) is 0 Å². The topological polar surface area (TPSA) is 12.4 Å². The van der Waals surface area contributed by atoms with Gasteiger partial charge < -0.3 is 0 Å². The van der Waals surface area contributed by atoms with Crippen LogP contribution in [0.1, 0.15) is 18.9 Å². The Morgan fingerprint density at radius 3 is 2.53 bits per heavy atom. The normalized spacial score (nSPS) is 11.1. The number of rotatable bonds is 5. The number of nitrogens with zero attached hydrogens (tertiary/aromatic N) is 1. The first-order chi connectivity index (χ1) is 7.22. The quantitative estimate of drug-likeness (QED) is 0.505. The minimum absolute atomic E-state index is 0.917. The van der Waals surface area contributed by atoms with E-state index in [2.05, 4.69) is 42.6 Å². The SMILES string of the molecule is C=N/C(=C\C(=C)C)CCc1ccccc1. The van der Waals surface area contributed by atoms with Crippen LogP contribution < -0.4 is 0 Å². The number of hydrogen-bond acceptors (Lipinski definition) is 1. The molecule has 0 spiro atoms. The van der Waals surface area contributed by atoms with Crippen molar-refractivity contribution in [1.82, 2.24) is 0 Å². The zero-order chi connectivity index (χ0) is 11.1. The van der Waals surface area contributed by atoms with E-state index < -0.39 is 0 Å². The van der Waals surface area contributed by atoms with Gasteiger partial charge in [-0.25, -0.2) is 0 Å². The van der Waals surface area contributed by atoms with Crippen molar-refractivity contribution < 1.29 is 0 Å². The fourth-order valence-electron chi connectivity index (χ4n) is 1.40. The molecule has 1 heteroatoms. The van der Waals surface area contributed by atoms with E-state index in [-0.39, 0.29) is 0 Å². The van der Waals surface area contributed by atoms with E-state index in [0.29, 0.717) is 0 Å². The molecule has 1 rings (SSSR count). The van der Waals surface area contributed by atoms with Gasteiger partial charge in [0.2, 0.25) is 0 Å². The summed E-state index contributed by atoms with van der Waals surface area (Å²) in [4.78, 5) is 3.99. The Morgan fingerprint density at radius 2 is 2.00 bits per heavy atom. The molecule has 0 heterocycles. The van der Waals surface area contributed by atoms with Gasteiger partial charge in [0.15, 0.2) is 0 Å². The highest BCUT2D eigenvalue weighted by molar-refractivity contribution is 5.32. The lowest BCUT2D eigenvalue weighted by atomic mass is 10.1. The Bertz CT molecular complexity index is 360. The fraction of sp³-hybridized carbons (Fsp3) is 0.214. The van der Waals surface area contributed by atoms with Crippen molar-refractivity contribution in [1.29, 1.82) is 0 Å². The highest BCUT2D eigenvalue weighted by Crippen LogP contribution is 2.11. The molecule has 0 aliphatic carbocycles. The van der Waals surface area contributed by atoms with Crippen molar-refractivity contribution in [2.75, 3.05) is 0 Å². The Balaban J connectivity index is 2.56. The van der Waals surface area contributed by atoms with Gasteiger partial charge in [-0.2, -0.15) is 0 Å². The van der Waals surface area contributed by atoms with Gasteiger partial charge in [0.05, 0.1) is 0 Å². The summed E-state index contributed by atoms with van der Waals surface area (Å²) >= 11 is 0. The molecular formula is C14H17N. The number of aryl methyl sites for hydroxylation is 1. The third-order valence-electron chi connectivity index (χ3n) is 2.13. The molecule has 0 bridgehead atoms. The molecule has 0 radical (unpaired) electrons. The van der Waals surface area contributed by atoms with Crippen molar-refractivity contribution in [3.8, 4) is 0 Å². The highest BCUT2D eigenvalue weighted by atomic mass is 14.7. The Labute approximate surface area is 91.9 Å². The van der Waals surface area contributed by atoms with Crippen molar-refractivity contribution in [3.05, 3.63) is 59.8 Å². The largest absolute Gasteiger partial charge is 0.269 e. The van der Waals surface area contributed by atoms with Gasteiger partial charge in [0, 0.05) is 5.70 Å². The van der Waals surface area contributed by atoms with Crippen LogP contribution in [0.4, 0.5) is 0 Å². The molecule has 1 aromatic carbocycles. The molecule has 0 atom stereocenters. The fourth-order valence-corrected chi connectivity index (χ4v) is 1.40. The predicted octanol–water partition coefficient (Wildman–Crippen LogP) is 3.78. The van der Waals surface area contributed by atoms with E-state index in [9.17, 15) is 0 Å². The van der Waals surface area contributed by atoms with E-state index >= 15 is 0 Å². The Morgan fingerprint density at radius 1 is 1.33 bits per heavy atom. The highest BCUT2D eigenvalue weighted by Gasteiger charge is 1.96. The zero-order valence-corrected chi connectivity index (χ0v) is 9.24. The smallest absolute Gasteiger partial charge is 0.0402 e. The molecular weight excluding hydrogens is 182 g/mol. The van der Waals surface area contributed by atoms with E-state index in [1.165, 1.54) is 5.56 Å². The number of benzene rings is 1. The molecule has 1 aromatic rings. The molecule has 0 amide bonds. The Hall–Kier alpha value is -1.63. The summed E-state index contributed by atoms with van der Waals surface area (Å²) in [6.45, 7) is 9.37. The molecule has 78 valence electrons. The second-order valence-corrected chi connectivity index (χ2v) is 3.63. The van der Waals surface area contributed by atoms with E-state index in [1.54, 1.807) is 0 Å². The van der Waals surface area contributed by atoms with Gasteiger partial charge in [-0.3, -0.25) is 4.99 Å². The average Bonchev–Trinajstić information content (AvgIpc) is 2.25. The van der Waals surface area contributed by atoms with E-state index in [1.807, 2.05) is 19.1 Å². The minimum Gasteiger partial charge on any atom is -0.269 e. The van der Waals surface area contributed by atoms with E-state index in [4.69, 9.17) is 0 Å². The average molecular weight is 199 g/mol. The second kappa shape index (κ2) is 5.97. The molecule has 0 aliphatic heterocycles. The molecule has 0 fully saturated rings. The molecule has 15 heavy (non-hydrogen) atoms. The third-order valence-corrected chi connectivity index (χ3v) is 2.13. The minimum atomic E-state index is 0.917. The Kier molecular flexibility index (Phi) is 4.55. The molecule has 0 aliphatic rings. The van der Waals surface area contributed by atoms with Gasteiger partial charge in [-0.05, 0) is 38.1 Å². The van der Waals surface area contributed by atoms with Gasteiger partial charge in [0.25, 0.3) is 0 Å². The predicted molar refractivity (Wildman–Crippen MR) is 67.2 cm³/mol. The summed E-state index contributed by atoms with van der Waals surface area (Å²) in [6.07, 6.45) is 3.90. The van der Waals surface area contributed by atoms with E-state index in [0.717, 1.165) is 24.1 Å². The molecule has 0 saturated heterocycles. The van der Waals surface area contributed by atoms with Gasteiger partial charge >= 0.3 is 0 Å². The summed E-state index contributed by atoms with van der Waals surface area (Å²) in [5.41, 5.74) is 3.35. The van der Waals surface area contributed by atoms with Crippen molar-refractivity contribution in [2.45, 2.75) is 19.8 Å². The first kappa shape index (κ1) is 11.4. The van der Waals surface area contributed by atoms with Crippen LogP contribution in [0, 0.1) is 0 Å². The summed E-state index contributed by atoms with van der Waals surface area (Å²) in [6, 6.07) is 10.4. The standard InChI is InChI=1S/C14H17N/c1-12(2)11-14(15-3)10-9-13-7-5-4-6-8-13/h4-8,11H,1,3,9-10H2,2H3/b14-11-. The molecule has 0 unspecified atom stereocenters. The summed E-state index contributed by atoms with van der Waals surface area (Å²) < 4.78 is 0. The third kappa shape index (κ3) is 4.41. The number of aliphatic imine (C=N–C) groups is 1. The monoisotopic (exact) mass is 199 g/mol. The van der Waals surface area contributed by atoms with Gasteiger partial charge in [-0.1, -0.05) is 42.5 Å². The van der Waals surface area contributed by atoms with Crippen molar-refractivity contribution in [2.24, 2.45) is 4.99 Å². The van der Waals surface area contributed by atoms with Crippen LogP contribution in [0.3, 0.4) is 0 Å². The summed E-state index contributed by atoms with van der Waals surface area (Å²) in [7, 11) is 0. The maximum atomic E-state index is 3.99. The zero-order valence-electron chi connectivity index (χ0n) is 9.24.